The second-order valence-corrected chi connectivity index (χ2v) is 5.57. The molecule has 1 atom stereocenters. The van der Waals surface area contributed by atoms with Crippen molar-refractivity contribution in [1.29, 1.82) is 0 Å². The zero-order valence-corrected chi connectivity index (χ0v) is 11.9. The van der Waals surface area contributed by atoms with Crippen LogP contribution in [0.5, 0.6) is 5.75 Å². The zero-order valence-electron chi connectivity index (χ0n) is 11.9. The van der Waals surface area contributed by atoms with E-state index < -0.39 is 24.1 Å². The first-order valence-electron chi connectivity index (χ1n) is 6.97. The monoisotopic (exact) mass is 312 g/mol. The molecule has 0 aliphatic heterocycles. The number of nitrogens with zero attached hydrogens (tertiary/aromatic N) is 1. The molecular weight excluding hydrogens is 297 g/mol. The van der Waals surface area contributed by atoms with Crippen LogP contribution in [-0.4, -0.2) is 17.1 Å². The molecule has 1 saturated carbocycles. The van der Waals surface area contributed by atoms with Crippen LogP contribution in [0.3, 0.4) is 0 Å². The number of ether oxygens (including phenoxy) is 1. The van der Waals surface area contributed by atoms with Gasteiger partial charge in [0.1, 0.15) is 0 Å². The number of halogens is 3. The van der Waals surface area contributed by atoms with Crippen LogP contribution < -0.4 is 10.5 Å². The lowest BCUT2D eigenvalue weighted by molar-refractivity contribution is -0.0521. The van der Waals surface area contributed by atoms with E-state index in [1.807, 2.05) is 6.92 Å². The fraction of sp³-hybridized carbons (Fsp3) is 0.400. The van der Waals surface area contributed by atoms with Crippen molar-refractivity contribution in [2.45, 2.75) is 32.4 Å². The molecule has 2 N–H and O–H groups in total. The van der Waals surface area contributed by atoms with E-state index in [2.05, 4.69) is 4.74 Å². The van der Waals surface area contributed by atoms with Crippen molar-refractivity contribution in [3.05, 3.63) is 29.7 Å². The fourth-order valence-electron chi connectivity index (χ4n) is 2.78. The Bertz CT molecular complexity index is 738. The van der Waals surface area contributed by atoms with Gasteiger partial charge in [0, 0.05) is 23.7 Å². The molecule has 1 heterocycles. The molecule has 118 valence electrons. The van der Waals surface area contributed by atoms with Crippen LogP contribution in [0.4, 0.5) is 13.2 Å². The van der Waals surface area contributed by atoms with Gasteiger partial charge in [-0.05, 0) is 31.7 Å². The van der Waals surface area contributed by atoms with Crippen molar-refractivity contribution in [3.63, 3.8) is 0 Å². The van der Waals surface area contributed by atoms with E-state index in [-0.39, 0.29) is 11.6 Å². The molecule has 0 saturated heterocycles. The predicted molar refractivity (Wildman–Crippen MR) is 74.5 cm³/mol. The van der Waals surface area contributed by atoms with Crippen LogP contribution in [0.2, 0.25) is 0 Å². The second kappa shape index (κ2) is 5.23. The molecule has 0 radical (unpaired) electrons. The number of carbonyl (C=O) groups is 1. The molecule has 0 unspecified atom stereocenters. The minimum absolute atomic E-state index is 0.0699. The van der Waals surface area contributed by atoms with Gasteiger partial charge in [0.05, 0.1) is 11.1 Å². The summed E-state index contributed by atoms with van der Waals surface area (Å²) in [5.41, 5.74) is 5.96. The summed E-state index contributed by atoms with van der Waals surface area (Å²) in [5, 5.41) is 0.305. The Kier molecular flexibility index (Phi) is 3.50. The Morgan fingerprint density at radius 1 is 1.41 bits per heavy atom. The Balaban J connectivity index is 2.18. The average molecular weight is 312 g/mol. The van der Waals surface area contributed by atoms with Crippen LogP contribution >= 0.6 is 0 Å². The number of aromatic nitrogens is 1. The van der Waals surface area contributed by atoms with E-state index in [4.69, 9.17) is 5.73 Å². The van der Waals surface area contributed by atoms with Crippen molar-refractivity contribution in [3.8, 4) is 5.75 Å². The largest absolute Gasteiger partial charge is 0.432 e. The topological polar surface area (TPSA) is 57.2 Å². The molecule has 7 heteroatoms. The van der Waals surface area contributed by atoms with Crippen molar-refractivity contribution >= 4 is 16.8 Å². The lowest BCUT2D eigenvalue weighted by Crippen LogP contribution is -2.11. The third kappa shape index (κ3) is 2.51. The Morgan fingerprint density at radius 2 is 2.09 bits per heavy atom. The highest BCUT2D eigenvalue weighted by Crippen LogP contribution is 2.42. The number of fused-ring (bicyclic) bond motifs is 1. The van der Waals surface area contributed by atoms with Gasteiger partial charge in [-0.25, -0.2) is 4.39 Å². The maximum Gasteiger partial charge on any atom is 0.387 e. The Hall–Kier alpha value is -2.18. The number of alkyl halides is 2. The normalized spacial score (nSPS) is 16.2. The molecule has 1 aromatic carbocycles. The summed E-state index contributed by atoms with van der Waals surface area (Å²) < 4.78 is 44.6. The summed E-state index contributed by atoms with van der Waals surface area (Å²) in [6, 6.07) is 2.28. The summed E-state index contributed by atoms with van der Waals surface area (Å²) >= 11 is 0. The summed E-state index contributed by atoms with van der Waals surface area (Å²) in [6.07, 6.45) is 3.68. The molecule has 1 aliphatic carbocycles. The highest BCUT2D eigenvalue weighted by molar-refractivity contribution is 6.06. The average Bonchev–Trinajstić information content (AvgIpc) is 3.20. The zero-order chi connectivity index (χ0) is 16.0. The molecule has 1 amide bonds. The summed E-state index contributed by atoms with van der Waals surface area (Å²) in [6.45, 7) is -1.15. The molecule has 3 rings (SSSR count). The quantitative estimate of drug-likeness (QED) is 0.919. The van der Waals surface area contributed by atoms with Crippen LogP contribution in [0.25, 0.3) is 10.9 Å². The number of primary amides is 1. The fourth-order valence-corrected chi connectivity index (χ4v) is 2.78. The maximum atomic E-state index is 13.9. The molecular formula is C15H15F3N2O2. The summed E-state index contributed by atoms with van der Waals surface area (Å²) in [5.74, 6) is -1.72. The van der Waals surface area contributed by atoms with Crippen LogP contribution in [-0.2, 0) is 0 Å². The van der Waals surface area contributed by atoms with Gasteiger partial charge in [-0.15, -0.1) is 0 Å². The van der Waals surface area contributed by atoms with Gasteiger partial charge in [0.15, 0.2) is 11.6 Å². The van der Waals surface area contributed by atoms with E-state index in [0.717, 1.165) is 18.9 Å². The van der Waals surface area contributed by atoms with Gasteiger partial charge in [-0.1, -0.05) is 0 Å². The van der Waals surface area contributed by atoms with E-state index in [1.54, 1.807) is 10.8 Å². The minimum atomic E-state index is -3.12. The number of hydrogen-bond acceptors (Lipinski definition) is 2. The molecule has 4 nitrogen and oxygen atoms in total. The van der Waals surface area contributed by atoms with E-state index >= 15 is 0 Å². The Labute approximate surface area is 124 Å². The van der Waals surface area contributed by atoms with Crippen molar-refractivity contribution in [2.24, 2.45) is 11.7 Å². The Morgan fingerprint density at radius 3 is 2.64 bits per heavy atom. The molecule has 22 heavy (non-hydrogen) atoms. The van der Waals surface area contributed by atoms with Gasteiger partial charge in [0.25, 0.3) is 5.91 Å². The lowest BCUT2D eigenvalue weighted by atomic mass is 10.1. The van der Waals surface area contributed by atoms with Gasteiger partial charge in [-0.3, -0.25) is 4.79 Å². The van der Waals surface area contributed by atoms with Crippen LogP contribution in [0.1, 0.15) is 36.2 Å². The SMILES string of the molecule is C[C@H](C1CC1)n1cc(C(N)=O)c2cc(F)c(OC(F)F)cc21. The number of carbonyl (C=O) groups excluding carboxylic acids is 1. The molecule has 1 fully saturated rings. The third-order valence-electron chi connectivity index (χ3n) is 4.11. The first-order valence-corrected chi connectivity index (χ1v) is 6.97. The first-order chi connectivity index (χ1) is 10.4. The summed E-state index contributed by atoms with van der Waals surface area (Å²) in [4.78, 5) is 11.5. The van der Waals surface area contributed by atoms with Crippen molar-refractivity contribution in [2.75, 3.05) is 0 Å². The number of benzene rings is 1. The number of rotatable bonds is 5. The lowest BCUT2D eigenvalue weighted by Gasteiger charge is -2.15. The highest BCUT2D eigenvalue weighted by atomic mass is 19.3. The molecule has 1 aliphatic rings. The summed E-state index contributed by atoms with van der Waals surface area (Å²) in [7, 11) is 0. The van der Waals surface area contributed by atoms with E-state index in [1.165, 1.54) is 6.07 Å². The second-order valence-electron chi connectivity index (χ2n) is 5.57. The standard InChI is InChI=1S/C15H15F3N2O2/c1-7(8-2-3-8)20-6-10(14(19)21)9-4-11(16)13(5-12(9)20)22-15(17)18/h4-8,15H,2-3H2,1H3,(H2,19,21)/t7-/m1/s1. The van der Waals surface area contributed by atoms with Crippen molar-refractivity contribution < 1.29 is 22.7 Å². The predicted octanol–water partition coefficient (Wildman–Crippen LogP) is 3.45. The first kappa shape index (κ1) is 14.7. The number of hydrogen-bond donors (Lipinski definition) is 1. The number of nitrogens with two attached hydrogens (primary N) is 1. The molecule has 0 bridgehead atoms. The minimum Gasteiger partial charge on any atom is -0.432 e. The van der Waals surface area contributed by atoms with E-state index in [0.29, 0.717) is 16.8 Å². The third-order valence-corrected chi connectivity index (χ3v) is 4.11. The van der Waals surface area contributed by atoms with Gasteiger partial charge >= 0.3 is 6.61 Å². The van der Waals surface area contributed by atoms with Crippen LogP contribution in [0.15, 0.2) is 18.3 Å². The smallest absolute Gasteiger partial charge is 0.387 e. The van der Waals surface area contributed by atoms with Gasteiger partial charge in [0.2, 0.25) is 0 Å². The van der Waals surface area contributed by atoms with Gasteiger partial charge in [-0.2, -0.15) is 8.78 Å². The number of amides is 1. The molecule has 1 aromatic heterocycles. The van der Waals surface area contributed by atoms with E-state index in [9.17, 15) is 18.0 Å². The molecule has 2 aromatic rings. The molecule has 0 spiro atoms. The van der Waals surface area contributed by atoms with Gasteiger partial charge < -0.3 is 15.0 Å². The maximum absolute atomic E-state index is 13.9. The van der Waals surface area contributed by atoms with Crippen LogP contribution in [0, 0.1) is 11.7 Å². The highest BCUT2D eigenvalue weighted by Gasteiger charge is 2.31. The van der Waals surface area contributed by atoms with Crippen molar-refractivity contribution in [1.82, 2.24) is 4.57 Å².